The van der Waals surface area contributed by atoms with Crippen LogP contribution < -0.4 is 14.8 Å². The number of hydrogen-bond donors (Lipinski definition) is 3. The van der Waals surface area contributed by atoms with E-state index < -0.39 is 0 Å². The fourth-order valence-corrected chi connectivity index (χ4v) is 2.30. The summed E-state index contributed by atoms with van der Waals surface area (Å²) >= 11 is 0. The maximum atomic E-state index is 9.94. The summed E-state index contributed by atoms with van der Waals surface area (Å²) in [6.07, 6.45) is 1.77. The highest BCUT2D eigenvalue weighted by atomic mass is 16.7. The van der Waals surface area contributed by atoms with E-state index in [0.717, 1.165) is 24.9 Å². The Kier molecular flexibility index (Phi) is 4.73. The summed E-state index contributed by atoms with van der Waals surface area (Å²) in [5, 5.41) is 22.2. The molecule has 1 aromatic carbocycles. The number of ether oxygens (including phenoxy) is 2. The van der Waals surface area contributed by atoms with Gasteiger partial charge in [0.15, 0.2) is 11.5 Å². The lowest BCUT2D eigenvalue weighted by Gasteiger charge is -2.24. The van der Waals surface area contributed by atoms with Crippen LogP contribution in [0.4, 0.5) is 0 Å². The van der Waals surface area contributed by atoms with Crippen molar-refractivity contribution in [2.45, 2.75) is 33.2 Å². The van der Waals surface area contributed by atoms with Crippen molar-refractivity contribution in [1.29, 1.82) is 0 Å². The van der Waals surface area contributed by atoms with Gasteiger partial charge in [-0.15, -0.1) is 0 Å². The Hall–Kier alpha value is -1.46. The quantitative estimate of drug-likeness (QED) is 0.713. The fraction of sp³-hybridized carbons (Fsp3) is 0.600. The molecule has 0 aromatic heterocycles. The molecule has 0 atom stereocenters. The molecule has 2 rings (SSSR count). The van der Waals surface area contributed by atoms with Gasteiger partial charge in [-0.05, 0) is 24.3 Å². The highest BCUT2D eigenvalue weighted by molar-refractivity contribution is 5.51. The lowest BCUT2D eigenvalue weighted by molar-refractivity contribution is 0.174. The van der Waals surface area contributed by atoms with Gasteiger partial charge in [-0.3, -0.25) is 0 Å². The highest BCUT2D eigenvalue weighted by Crippen LogP contribution is 2.37. The van der Waals surface area contributed by atoms with E-state index in [1.807, 2.05) is 6.07 Å². The van der Waals surface area contributed by atoms with Crippen molar-refractivity contribution in [3.63, 3.8) is 0 Å². The minimum Gasteiger partial charge on any atom is -0.507 e. The van der Waals surface area contributed by atoms with Crippen molar-refractivity contribution in [3.05, 3.63) is 17.7 Å². The van der Waals surface area contributed by atoms with Gasteiger partial charge < -0.3 is 25.0 Å². The lowest BCUT2D eigenvalue weighted by Crippen LogP contribution is -2.29. The smallest absolute Gasteiger partial charge is 0.231 e. The first-order valence-corrected chi connectivity index (χ1v) is 6.95. The number of phenolic OH excluding ortho intramolecular Hbond substituents is 1. The van der Waals surface area contributed by atoms with Gasteiger partial charge in [0.25, 0.3) is 0 Å². The molecule has 1 aromatic rings. The third-order valence-corrected chi connectivity index (χ3v) is 3.50. The molecule has 20 heavy (non-hydrogen) atoms. The fourth-order valence-electron chi connectivity index (χ4n) is 2.30. The van der Waals surface area contributed by atoms with E-state index in [1.165, 1.54) is 0 Å². The molecular weight excluding hydrogens is 258 g/mol. The van der Waals surface area contributed by atoms with Crippen molar-refractivity contribution in [3.8, 4) is 17.2 Å². The Bertz CT molecular complexity index is 459. The summed E-state index contributed by atoms with van der Waals surface area (Å²) in [5.41, 5.74) is 0.918. The average molecular weight is 281 g/mol. The molecule has 1 aliphatic rings. The molecule has 0 saturated heterocycles. The summed E-state index contributed by atoms with van der Waals surface area (Å²) in [6, 6.07) is 3.40. The Labute approximate surface area is 119 Å². The summed E-state index contributed by atoms with van der Waals surface area (Å²) < 4.78 is 10.5. The minimum absolute atomic E-state index is 0.120. The molecule has 1 aliphatic heterocycles. The Morgan fingerprint density at radius 3 is 2.65 bits per heavy atom. The molecular formula is C15H23NO4. The maximum Gasteiger partial charge on any atom is 0.231 e. The molecule has 5 nitrogen and oxygen atoms in total. The van der Waals surface area contributed by atoms with Crippen LogP contribution >= 0.6 is 0 Å². The van der Waals surface area contributed by atoms with Crippen molar-refractivity contribution in [2.24, 2.45) is 5.41 Å². The number of phenols is 1. The first-order valence-electron chi connectivity index (χ1n) is 6.95. The zero-order valence-electron chi connectivity index (χ0n) is 12.1. The number of benzene rings is 1. The van der Waals surface area contributed by atoms with E-state index in [4.69, 9.17) is 14.6 Å². The van der Waals surface area contributed by atoms with Gasteiger partial charge in [-0.25, -0.2) is 0 Å². The topological polar surface area (TPSA) is 71.0 Å². The lowest BCUT2D eigenvalue weighted by atomic mass is 9.88. The van der Waals surface area contributed by atoms with Crippen LogP contribution in [0, 0.1) is 5.41 Å². The molecule has 0 unspecified atom stereocenters. The van der Waals surface area contributed by atoms with Gasteiger partial charge in [0.05, 0.1) is 0 Å². The maximum absolute atomic E-state index is 9.94. The number of aliphatic hydroxyl groups excluding tert-OH is 1. The van der Waals surface area contributed by atoms with Gasteiger partial charge in [0, 0.05) is 31.3 Å². The second-order valence-corrected chi connectivity index (χ2v) is 5.93. The Morgan fingerprint density at radius 2 is 1.95 bits per heavy atom. The van der Waals surface area contributed by atoms with Crippen LogP contribution in [0.15, 0.2) is 12.1 Å². The normalized spacial score (nSPS) is 13.8. The number of hydrogen-bond acceptors (Lipinski definition) is 5. The largest absolute Gasteiger partial charge is 0.507 e. The van der Waals surface area contributed by atoms with Crippen LogP contribution in [0.2, 0.25) is 0 Å². The monoisotopic (exact) mass is 281 g/mol. The van der Waals surface area contributed by atoms with Gasteiger partial charge >= 0.3 is 0 Å². The predicted molar refractivity (Wildman–Crippen MR) is 76.0 cm³/mol. The average Bonchev–Trinajstić information content (AvgIpc) is 2.83. The van der Waals surface area contributed by atoms with E-state index >= 15 is 0 Å². The summed E-state index contributed by atoms with van der Waals surface area (Å²) in [5.74, 6) is 1.49. The van der Waals surface area contributed by atoms with Gasteiger partial charge in [0.2, 0.25) is 6.79 Å². The first-order chi connectivity index (χ1) is 9.52. The number of aliphatic hydroxyl groups is 1. The molecule has 3 N–H and O–H groups in total. The van der Waals surface area contributed by atoms with Crippen LogP contribution in [-0.2, 0) is 6.54 Å². The zero-order valence-corrected chi connectivity index (χ0v) is 12.1. The molecule has 0 amide bonds. The van der Waals surface area contributed by atoms with Crippen molar-refractivity contribution >= 4 is 0 Å². The molecule has 0 spiro atoms. The molecule has 112 valence electrons. The van der Waals surface area contributed by atoms with E-state index in [2.05, 4.69) is 19.2 Å². The molecule has 5 heteroatoms. The third-order valence-electron chi connectivity index (χ3n) is 3.50. The molecule has 0 bridgehead atoms. The van der Waals surface area contributed by atoms with Crippen molar-refractivity contribution in [1.82, 2.24) is 5.32 Å². The number of rotatable bonds is 7. The second kappa shape index (κ2) is 6.33. The third kappa shape index (κ3) is 3.77. The van der Waals surface area contributed by atoms with E-state index in [0.29, 0.717) is 18.0 Å². The van der Waals surface area contributed by atoms with Gasteiger partial charge in [0.1, 0.15) is 5.75 Å². The van der Waals surface area contributed by atoms with Crippen LogP contribution in [-0.4, -0.2) is 30.2 Å². The van der Waals surface area contributed by atoms with Crippen molar-refractivity contribution < 1.29 is 19.7 Å². The first kappa shape index (κ1) is 14.9. The Balaban J connectivity index is 1.88. The van der Waals surface area contributed by atoms with Gasteiger partial charge in [-0.1, -0.05) is 13.8 Å². The second-order valence-electron chi connectivity index (χ2n) is 5.93. The molecule has 0 saturated carbocycles. The van der Waals surface area contributed by atoms with Gasteiger partial charge in [-0.2, -0.15) is 0 Å². The van der Waals surface area contributed by atoms with E-state index in [1.54, 1.807) is 6.07 Å². The molecule has 0 radical (unpaired) electrons. The molecule has 0 aliphatic carbocycles. The number of fused-ring (bicyclic) bond motifs is 1. The summed E-state index contributed by atoms with van der Waals surface area (Å²) in [6.45, 7) is 6.16. The zero-order chi connectivity index (χ0) is 14.6. The van der Waals surface area contributed by atoms with E-state index in [-0.39, 0.29) is 24.6 Å². The van der Waals surface area contributed by atoms with Crippen LogP contribution in [0.3, 0.4) is 0 Å². The number of aromatic hydroxyl groups is 1. The minimum atomic E-state index is 0.120. The Morgan fingerprint density at radius 1 is 1.25 bits per heavy atom. The van der Waals surface area contributed by atoms with Crippen LogP contribution in [0.5, 0.6) is 17.2 Å². The summed E-state index contributed by atoms with van der Waals surface area (Å²) in [7, 11) is 0. The van der Waals surface area contributed by atoms with Crippen molar-refractivity contribution in [2.75, 3.05) is 19.9 Å². The predicted octanol–water partition coefficient (Wildman–Crippen LogP) is 2.01. The molecule has 0 fully saturated rings. The van der Waals surface area contributed by atoms with Crippen LogP contribution in [0.1, 0.15) is 32.3 Å². The standard InChI is InChI=1S/C15H23NO4/c1-15(2,4-3-5-17)9-16-8-11-6-13-14(7-12(11)18)20-10-19-13/h6-7,16-18H,3-5,8-10H2,1-2H3. The summed E-state index contributed by atoms with van der Waals surface area (Å²) in [4.78, 5) is 0. The molecule has 1 heterocycles. The van der Waals surface area contributed by atoms with E-state index in [9.17, 15) is 5.11 Å². The van der Waals surface area contributed by atoms with Crippen LogP contribution in [0.25, 0.3) is 0 Å². The SMILES string of the molecule is CC(C)(CCCO)CNCc1cc2c(cc1O)OCO2. The highest BCUT2D eigenvalue weighted by Gasteiger charge is 2.19. The number of nitrogens with one attached hydrogen (secondary N) is 1.